The highest BCUT2D eigenvalue weighted by Crippen LogP contribution is 1.99. The molecule has 7 heteroatoms. The summed E-state index contributed by atoms with van der Waals surface area (Å²) in [5.41, 5.74) is 0.737. The van der Waals surface area contributed by atoms with E-state index in [2.05, 4.69) is 15.6 Å². The van der Waals surface area contributed by atoms with Gasteiger partial charge in [-0.1, -0.05) is 11.3 Å². The first kappa shape index (κ1) is 12.3. The topological polar surface area (TPSA) is 83.2 Å². The summed E-state index contributed by atoms with van der Waals surface area (Å²) in [6.45, 7) is 2.43. The Kier molecular flexibility index (Phi) is 4.29. The molecule has 94 valence electrons. The molecular formula is C10H15N3O3S. The van der Waals surface area contributed by atoms with Gasteiger partial charge >= 0.3 is 4.87 Å². The zero-order valence-electron chi connectivity index (χ0n) is 9.32. The Morgan fingerprint density at radius 3 is 3.18 bits per heavy atom. The van der Waals surface area contributed by atoms with Crippen LogP contribution in [0.25, 0.3) is 0 Å². The van der Waals surface area contributed by atoms with Crippen molar-refractivity contribution in [2.24, 2.45) is 0 Å². The number of rotatable bonds is 4. The lowest BCUT2D eigenvalue weighted by molar-refractivity contribution is -0.122. The molecule has 0 saturated carbocycles. The molecule has 1 amide bonds. The number of H-pyrrole nitrogens is 1. The highest BCUT2D eigenvalue weighted by atomic mass is 32.1. The first-order valence-electron chi connectivity index (χ1n) is 5.48. The third-order valence-corrected chi connectivity index (χ3v) is 3.20. The van der Waals surface area contributed by atoms with Crippen molar-refractivity contribution in [1.82, 2.24) is 15.6 Å². The van der Waals surface area contributed by atoms with Gasteiger partial charge in [-0.05, 0) is 0 Å². The number of nitrogens with one attached hydrogen (secondary N) is 3. The van der Waals surface area contributed by atoms with E-state index in [1.807, 2.05) is 0 Å². The van der Waals surface area contributed by atoms with Gasteiger partial charge in [-0.2, -0.15) is 0 Å². The number of ether oxygens (including phenoxy) is 1. The van der Waals surface area contributed by atoms with Crippen molar-refractivity contribution >= 4 is 17.2 Å². The van der Waals surface area contributed by atoms with Crippen LogP contribution in [0.15, 0.2) is 10.2 Å². The van der Waals surface area contributed by atoms with Crippen LogP contribution in [0.1, 0.15) is 12.1 Å². The van der Waals surface area contributed by atoms with Crippen LogP contribution in [0.3, 0.4) is 0 Å². The molecule has 1 unspecified atom stereocenters. The monoisotopic (exact) mass is 257 g/mol. The lowest BCUT2D eigenvalue weighted by atomic mass is 10.2. The van der Waals surface area contributed by atoms with Crippen LogP contribution in [0.4, 0.5) is 0 Å². The van der Waals surface area contributed by atoms with E-state index in [9.17, 15) is 9.59 Å². The molecule has 1 aliphatic rings. The molecule has 1 fully saturated rings. The number of amides is 1. The Labute approximate surface area is 102 Å². The Balaban J connectivity index is 1.71. The van der Waals surface area contributed by atoms with Crippen LogP contribution in [-0.2, 0) is 16.1 Å². The second-order valence-electron chi connectivity index (χ2n) is 3.88. The molecule has 1 aromatic heterocycles. The molecule has 0 aliphatic carbocycles. The summed E-state index contributed by atoms with van der Waals surface area (Å²) in [5, 5.41) is 7.69. The van der Waals surface area contributed by atoms with Crippen LogP contribution in [-0.4, -0.2) is 36.7 Å². The first-order chi connectivity index (χ1) is 8.24. The quantitative estimate of drug-likeness (QED) is 0.674. The number of aromatic amines is 1. The van der Waals surface area contributed by atoms with Crippen LogP contribution in [0.2, 0.25) is 0 Å². The smallest absolute Gasteiger partial charge is 0.304 e. The Bertz CT molecular complexity index is 422. The maximum atomic E-state index is 11.6. The molecule has 0 bridgehead atoms. The van der Waals surface area contributed by atoms with Crippen molar-refractivity contribution in [3.63, 3.8) is 0 Å². The summed E-state index contributed by atoms with van der Waals surface area (Å²) in [6, 6.07) is 0.0882. The lowest BCUT2D eigenvalue weighted by Gasteiger charge is -2.23. The summed E-state index contributed by atoms with van der Waals surface area (Å²) >= 11 is 1.10. The second-order valence-corrected chi connectivity index (χ2v) is 4.72. The average Bonchev–Trinajstić information content (AvgIpc) is 2.74. The first-order valence-corrected chi connectivity index (χ1v) is 6.36. The van der Waals surface area contributed by atoms with Gasteiger partial charge in [0.25, 0.3) is 0 Å². The molecule has 0 spiro atoms. The Morgan fingerprint density at radius 2 is 2.53 bits per heavy atom. The largest absolute Gasteiger partial charge is 0.378 e. The number of aromatic nitrogens is 1. The molecule has 1 aromatic rings. The summed E-state index contributed by atoms with van der Waals surface area (Å²) < 4.78 is 5.26. The third kappa shape index (κ3) is 3.95. The van der Waals surface area contributed by atoms with Crippen molar-refractivity contribution in [2.45, 2.75) is 19.0 Å². The van der Waals surface area contributed by atoms with Gasteiger partial charge in [-0.3, -0.25) is 9.59 Å². The second kappa shape index (κ2) is 5.95. The molecule has 3 N–H and O–H groups in total. The maximum Gasteiger partial charge on any atom is 0.304 e. The van der Waals surface area contributed by atoms with Crippen molar-refractivity contribution in [2.75, 3.05) is 19.8 Å². The molecule has 2 rings (SSSR count). The van der Waals surface area contributed by atoms with E-state index in [-0.39, 0.29) is 16.8 Å². The number of carbonyl (C=O) groups excluding carboxylic acids is 1. The van der Waals surface area contributed by atoms with Gasteiger partial charge in [-0.25, -0.2) is 0 Å². The van der Waals surface area contributed by atoms with Crippen LogP contribution >= 0.6 is 11.3 Å². The van der Waals surface area contributed by atoms with E-state index in [0.717, 1.165) is 23.6 Å². The molecular weight excluding hydrogens is 242 g/mol. The van der Waals surface area contributed by atoms with E-state index in [1.165, 1.54) is 0 Å². The van der Waals surface area contributed by atoms with Gasteiger partial charge in [0.1, 0.15) is 0 Å². The predicted molar refractivity (Wildman–Crippen MR) is 64.0 cm³/mol. The summed E-state index contributed by atoms with van der Waals surface area (Å²) in [7, 11) is 0. The van der Waals surface area contributed by atoms with Crippen molar-refractivity contribution in [3.05, 3.63) is 20.7 Å². The molecule has 1 saturated heterocycles. The Morgan fingerprint density at radius 1 is 1.65 bits per heavy atom. The molecule has 6 nitrogen and oxygen atoms in total. The number of hydrogen-bond donors (Lipinski definition) is 3. The maximum absolute atomic E-state index is 11.6. The molecule has 1 aliphatic heterocycles. The summed E-state index contributed by atoms with van der Waals surface area (Å²) in [4.78, 5) is 25.0. The SMILES string of the molecule is O=C(CC1COCCN1)NCc1csc(=O)[nH]1. The lowest BCUT2D eigenvalue weighted by Crippen LogP contribution is -2.44. The number of carbonyl (C=O) groups is 1. The minimum absolute atomic E-state index is 0.0416. The van der Waals surface area contributed by atoms with Crippen LogP contribution < -0.4 is 15.5 Å². The fourth-order valence-electron chi connectivity index (χ4n) is 1.64. The minimum atomic E-state index is -0.100. The van der Waals surface area contributed by atoms with E-state index >= 15 is 0 Å². The van der Waals surface area contributed by atoms with Gasteiger partial charge in [0.15, 0.2) is 0 Å². The van der Waals surface area contributed by atoms with Gasteiger partial charge < -0.3 is 20.4 Å². The minimum Gasteiger partial charge on any atom is -0.378 e. The fraction of sp³-hybridized carbons (Fsp3) is 0.600. The normalized spacial score (nSPS) is 20.1. The van der Waals surface area contributed by atoms with Crippen molar-refractivity contribution in [1.29, 1.82) is 0 Å². The van der Waals surface area contributed by atoms with Crippen molar-refractivity contribution in [3.8, 4) is 0 Å². The van der Waals surface area contributed by atoms with E-state index in [1.54, 1.807) is 5.38 Å². The third-order valence-electron chi connectivity index (χ3n) is 2.48. The van der Waals surface area contributed by atoms with Crippen LogP contribution in [0, 0.1) is 0 Å². The van der Waals surface area contributed by atoms with E-state index < -0.39 is 0 Å². The summed E-state index contributed by atoms with van der Waals surface area (Å²) in [6.07, 6.45) is 0.397. The van der Waals surface area contributed by atoms with E-state index in [4.69, 9.17) is 4.74 Å². The Hall–Kier alpha value is -1.18. The molecule has 0 radical (unpaired) electrons. The number of hydrogen-bond acceptors (Lipinski definition) is 5. The fourth-order valence-corrected chi connectivity index (χ4v) is 2.22. The number of thiazole rings is 1. The van der Waals surface area contributed by atoms with Crippen LogP contribution in [0.5, 0.6) is 0 Å². The molecule has 0 aromatic carbocycles. The zero-order chi connectivity index (χ0) is 12.1. The van der Waals surface area contributed by atoms with Gasteiger partial charge in [0.2, 0.25) is 5.91 Å². The van der Waals surface area contributed by atoms with E-state index in [0.29, 0.717) is 26.2 Å². The van der Waals surface area contributed by atoms with Gasteiger partial charge in [0, 0.05) is 30.1 Å². The predicted octanol–water partition coefficient (Wildman–Crippen LogP) is -0.569. The highest BCUT2D eigenvalue weighted by Gasteiger charge is 2.16. The van der Waals surface area contributed by atoms with Crippen molar-refractivity contribution < 1.29 is 9.53 Å². The average molecular weight is 257 g/mol. The zero-order valence-corrected chi connectivity index (χ0v) is 10.1. The molecule has 17 heavy (non-hydrogen) atoms. The molecule has 2 heterocycles. The van der Waals surface area contributed by atoms with Gasteiger partial charge in [-0.15, -0.1) is 0 Å². The molecule has 1 atom stereocenters. The standard InChI is InChI=1S/C10H15N3O3S/c14-9(3-7-5-16-2-1-11-7)12-4-8-6-17-10(15)13-8/h6-7,11H,1-5H2,(H,12,14)(H,13,15). The summed E-state index contributed by atoms with van der Waals surface area (Å²) in [5.74, 6) is -0.0416. The van der Waals surface area contributed by atoms with Gasteiger partial charge in [0.05, 0.1) is 19.8 Å². The number of morpholine rings is 1. The highest BCUT2D eigenvalue weighted by molar-refractivity contribution is 7.07.